The van der Waals surface area contributed by atoms with Gasteiger partial charge in [-0.3, -0.25) is 9.59 Å². The van der Waals surface area contributed by atoms with Crippen LogP contribution in [0.15, 0.2) is 53.0 Å². The van der Waals surface area contributed by atoms with E-state index in [1.54, 1.807) is 42.5 Å². The molecule has 0 heterocycles. The second-order valence-electron chi connectivity index (χ2n) is 4.63. The van der Waals surface area contributed by atoms with E-state index in [-0.39, 0.29) is 18.2 Å². The van der Waals surface area contributed by atoms with Crippen LogP contribution in [-0.4, -0.2) is 18.2 Å². The molecule has 0 spiro atoms. The molecule has 1 amide bonds. The molecule has 0 aliphatic carbocycles. The van der Waals surface area contributed by atoms with E-state index in [1.807, 2.05) is 6.07 Å². The van der Waals surface area contributed by atoms with Gasteiger partial charge in [-0.25, -0.2) is 0 Å². The molecule has 3 nitrogen and oxygen atoms in total. The van der Waals surface area contributed by atoms with E-state index in [4.69, 9.17) is 0 Å². The van der Waals surface area contributed by atoms with Gasteiger partial charge in [-0.1, -0.05) is 46.0 Å². The number of carbonyl (C=O) groups is 2. The molecule has 4 heteroatoms. The summed E-state index contributed by atoms with van der Waals surface area (Å²) in [6.07, 6.45) is 0. The van der Waals surface area contributed by atoms with Gasteiger partial charge in [-0.2, -0.15) is 0 Å². The number of ketones is 1. The largest absolute Gasteiger partial charge is 0.341 e. The fourth-order valence-electron chi connectivity index (χ4n) is 1.79. The Morgan fingerprint density at radius 2 is 1.82 bits per heavy atom. The zero-order valence-corrected chi connectivity index (χ0v) is 13.6. The molecule has 0 fully saturated rings. The molecule has 0 aliphatic heterocycles. The highest BCUT2D eigenvalue weighted by Crippen LogP contribution is 2.11. The minimum Gasteiger partial charge on any atom is -0.341 e. The minimum atomic E-state index is -0.164. The number of hydrogen-bond donors (Lipinski definition) is 1. The van der Waals surface area contributed by atoms with E-state index in [2.05, 4.69) is 33.1 Å². The van der Waals surface area contributed by atoms with Crippen LogP contribution in [0.2, 0.25) is 0 Å². The summed E-state index contributed by atoms with van der Waals surface area (Å²) in [5, 5.41) is 2.74. The highest BCUT2D eigenvalue weighted by molar-refractivity contribution is 9.10. The first-order valence-electron chi connectivity index (χ1n) is 6.70. The van der Waals surface area contributed by atoms with Gasteiger partial charge in [0.2, 0.25) is 0 Å². The second kappa shape index (κ2) is 7.58. The summed E-state index contributed by atoms with van der Waals surface area (Å²) in [5.74, 6) is 5.69. The summed E-state index contributed by atoms with van der Waals surface area (Å²) < 4.78 is 0.858. The molecule has 2 aromatic rings. The predicted molar refractivity (Wildman–Crippen MR) is 89.8 cm³/mol. The van der Waals surface area contributed by atoms with Crippen molar-refractivity contribution in [1.29, 1.82) is 0 Å². The predicted octanol–water partition coefficient (Wildman–Crippen LogP) is 3.43. The highest BCUT2D eigenvalue weighted by atomic mass is 79.9. The molecular formula is C18H14BrNO2. The maximum atomic E-state index is 11.9. The van der Waals surface area contributed by atoms with E-state index in [9.17, 15) is 9.59 Å². The van der Waals surface area contributed by atoms with Crippen LogP contribution in [-0.2, 0) is 0 Å². The Balaban J connectivity index is 1.91. The summed E-state index contributed by atoms with van der Waals surface area (Å²) in [4.78, 5) is 23.1. The summed E-state index contributed by atoms with van der Waals surface area (Å²) in [6.45, 7) is 1.79. The van der Waals surface area contributed by atoms with Gasteiger partial charge < -0.3 is 5.32 Å². The minimum absolute atomic E-state index is 0.0285. The Labute approximate surface area is 137 Å². The zero-order chi connectivity index (χ0) is 15.9. The standard InChI is InChI=1S/C18H14BrNO2/c1-13(21)15-9-7-14(8-10-15)4-3-11-20-18(22)16-5-2-6-17(19)12-16/h2,5-10,12H,11H2,1H3,(H,20,22). The summed E-state index contributed by atoms with van der Waals surface area (Å²) in [5.41, 5.74) is 2.05. The van der Waals surface area contributed by atoms with Crippen molar-refractivity contribution in [3.63, 3.8) is 0 Å². The van der Waals surface area contributed by atoms with Crippen molar-refractivity contribution in [3.05, 3.63) is 69.7 Å². The molecule has 1 N–H and O–H groups in total. The lowest BCUT2D eigenvalue weighted by atomic mass is 10.1. The van der Waals surface area contributed by atoms with Gasteiger partial charge in [0.1, 0.15) is 0 Å². The van der Waals surface area contributed by atoms with Gasteiger partial charge in [-0.15, -0.1) is 0 Å². The van der Waals surface area contributed by atoms with Crippen molar-refractivity contribution in [3.8, 4) is 11.8 Å². The Hall–Kier alpha value is -2.38. The van der Waals surface area contributed by atoms with Crippen LogP contribution in [0.3, 0.4) is 0 Å². The Kier molecular flexibility index (Phi) is 5.51. The van der Waals surface area contributed by atoms with Crippen molar-refractivity contribution in [2.24, 2.45) is 0 Å². The molecule has 0 bridgehead atoms. The number of halogens is 1. The number of rotatable bonds is 3. The van der Waals surface area contributed by atoms with Crippen LogP contribution in [0.25, 0.3) is 0 Å². The molecular weight excluding hydrogens is 342 g/mol. The SMILES string of the molecule is CC(=O)c1ccc(C#CCNC(=O)c2cccc(Br)c2)cc1. The summed E-state index contributed by atoms with van der Waals surface area (Å²) >= 11 is 3.33. The third-order valence-electron chi connectivity index (χ3n) is 2.95. The normalized spacial score (nSPS) is 9.55. The Morgan fingerprint density at radius 3 is 2.45 bits per heavy atom. The molecule has 2 rings (SSSR count). The average molecular weight is 356 g/mol. The van der Waals surface area contributed by atoms with Crippen molar-refractivity contribution in [2.45, 2.75) is 6.92 Å². The topological polar surface area (TPSA) is 46.2 Å². The van der Waals surface area contributed by atoms with E-state index >= 15 is 0 Å². The molecule has 110 valence electrons. The molecule has 0 unspecified atom stereocenters. The van der Waals surface area contributed by atoms with E-state index < -0.39 is 0 Å². The van der Waals surface area contributed by atoms with Crippen LogP contribution in [0, 0.1) is 11.8 Å². The Bertz CT molecular complexity index is 755. The quantitative estimate of drug-likeness (QED) is 0.677. The molecule has 0 radical (unpaired) electrons. The zero-order valence-electron chi connectivity index (χ0n) is 12.0. The van der Waals surface area contributed by atoms with Gasteiger partial charge in [0.25, 0.3) is 5.91 Å². The number of Topliss-reactive ketones (excluding diaryl/α,β-unsaturated/α-hetero) is 1. The maximum absolute atomic E-state index is 11.9. The fraction of sp³-hybridized carbons (Fsp3) is 0.111. The first-order chi connectivity index (χ1) is 10.6. The molecule has 0 saturated carbocycles. The monoisotopic (exact) mass is 355 g/mol. The van der Waals surface area contributed by atoms with Gasteiger partial charge >= 0.3 is 0 Å². The Morgan fingerprint density at radius 1 is 1.09 bits per heavy atom. The molecule has 0 saturated heterocycles. The third kappa shape index (κ3) is 4.57. The molecule has 0 atom stereocenters. The van der Waals surface area contributed by atoms with Crippen molar-refractivity contribution >= 4 is 27.6 Å². The summed E-state index contributed by atoms with van der Waals surface area (Å²) in [7, 11) is 0. The molecule has 0 aromatic heterocycles. The molecule has 2 aromatic carbocycles. The van der Waals surface area contributed by atoms with Crippen LogP contribution >= 0.6 is 15.9 Å². The molecule has 0 aliphatic rings. The maximum Gasteiger partial charge on any atom is 0.252 e. The number of benzene rings is 2. The number of hydrogen-bond acceptors (Lipinski definition) is 2. The smallest absolute Gasteiger partial charge is 0.252 e. The van der Waals surface area contributed by atoms with Crippen LogP contribution in [0.5, 0.6) is 0 Å². The van der Waals surface area contributed by atoms with Crippen molar-refractivity contribution in [2.75, 3.05) is 6.54 Å². The van der Waals surface area contributed by atoms with Gasteiger partial charge in [0.05, 0.1) is 6.54 Å². The molecule has 22 heavy (non-hydrogen) atoms. The van der Waals surface area contributed by atoms with E-state index in [1.165, 1.54) is 6.92 Å². The third-order valence-corrected chi connectivity index (χ3v) is 3.44. The number of amides is 1. The van der Waals surface area contributed by atoms with E-state index in [0.717, 1.165) is 10.0 Å². The van der Waals surface area contributed by atoms with Crippen LogP contribution in [0.1, 0.15) is 33.2 Å². The van der Waals surface area contributed by atoms with E-state index in [0.29, 0.717) is 11.1 Å². The average Bonchev–Trinajstić information content (AvgIpc) is 2.51. The van der Waals surface area contributed by atoms with Gasteiger partial charge in [0, 0.05) is 21.2 Å². The lowest BCUT2D eigenvalue weighted by Gasteiger charge is -2.01. The second-order valence-corrected chi connectivity index (χ2v) is 5.54. The highest BCUT2D eigenvalue weighted by Gasteiger charge is 2.03. The van der Waals surface area contributed by atoms with Crippen molar-refractivity contribution < 1.29 is 9.59 Å². The number of carbonyl (C=O) groups excluding carboxylic acids is 2. The van der Waals surface area contributed by atoms with Crippen LogP contribution < -0.4 is 5.32 Å². The first-order valence-corrected chi connectivity index (χ1v) is 7.49. The number of nitrogens with one attached hydrogen (secondary N) is 1. The lowest BCUT2D eigenvalue weighted by molar-refractivity contribution is 0.0957. The van der Waals surface area contributed by atoms with Crippen LogP contribution in [0.4, 0.5) is 0 Å². The fourth-order valence-corrected chi connectivity index (χ4v) is 2.19. The summed E-state index contributed by atoms with van der Waals surface area (Å²) in [6, 6.07) is 14.2. The lowest BCUT2D eigenvalue weighted by Crippen LogP contribution is -2.23. The van der Waals surface area contributed by atoms with Gasteiger partial charge in [-0.05, 0) is 37.3 Å². The van der Waals surface area contributed by atoms with Crippen molar-refractivity contribution in [1.82, 2.24) is 5.32 Å². The van der Waals surface area contributed by atoms with Gasteiger partial charge in [0.15, 0.2) is 5.78 Å². The first kappa shape index (κ1) is 16.0.